The van der Waals surface area contributed by atoms with Gasteiger partial charge in [0.05, 0.1) is 24.1 Å². The molecule has 188 valence electrons. The Kier molecular flexibility index (Phi) is 7.01. The third-order valence-electron chi connectivity index (χ3n) is 6.36. The van der Waals surface area contributed by atoms with Gasteiger partial charge in [0.1, 0.15) is 28.9 Å². The zero-order chi connectivity index (χ0) is 26.1. The molecule has 2 aromatic heterocycles. The first-order valence-corrected chi connectivity index (χ1v) is 11.4. The van der Waals surface area contributed by atoms with E-state index in [1.807, 2.05) is 25.1 Å². The molecule has 0 saturated heterocycles. The van der Waals surface area contributed by atoms with Gasteiger partial charge in [0.15, 0.2) is 0 Å². The molecule has 0 aliphatic heterocycles. The number of pyridine rings is 1. The zero-order valence-corrected chi connectivity index (χ0v) is 20.7. The Labute approximate surface area is 206 Å². The summed E-state index contributed by atoms with van der Waals surface area (Å²) in [6.07, 6.45) is -2.56. The average Bonchev–Trinajstić information content (AvgIpc) is 2.84. The van der Waals surface area contributed by atoms with Crippen LogP contribution in [-0.4, -0.2) is 21.6 Å². The van der Waals surface area contributed by atoms with Crippen molar-refractivity contribution in [2.24, 2.45) is 7.05 Å². The first kappa shape index (κ1) is 25.2. The number of halogens is 3. The van der Waals surface area contributed by atoms with Gasteiger partial charge in [-0.05, 0) is 44.0 Å². The monoisotopic (exact) mass is 496 g/mol. The lowest BCUT2D eigenvalue weighted by Gasteiger charge is -2.19. The molecule has 2 aromatic carbocycles. The van der Waals surface area contributed by atoms with Gasteiger partial charge >= 0.3 is 0 Å². The Morgan fingerprint density at radius 1 is 1.06 bits per heavy atom. The summed E-state index contributed by atoms with van der Waals surface area (Å²) in [5.41, 5.74) is 2.05. The van der Waals surface area contributed by atoms with E-state index in [4.69, 9.17) is 4.74 Å². The fourth-order valence-electron chi connectivity index (χ4n) is 4.37. The summed E-state index contributed by atoms with van der Waals surface area (Å²) in [5.74, 6) is 0.564. The summed E-state index contributed by atoms with van der Waals surface area (Å²) in [5, 5.41) is 3.71. The van der Waals surface area contributed by atoms with Gasteiger partial charge in [-0.15, -0.1) is 0 Å². The highest BCUT2D eigenvalue weighted by atomic mass is 19.3. The van der Waals surface area contributed by atoms with Gasteiger partial charge in [-0.25, -0.2) is 23.1 Å². The maximum absolute atomic E-state index is 14.8. The summed E-state index contributed by atoms with van der Waals surface area (Å²) >= 11 is 0. The third kappa shape index (κ3) is 4.65. The highest BCUT2D eigenvalue weighted by Gasteiger charge is 2.21. The van der Waals surface area contributed by atoms with Gasteiger partial charge in [0.25, 0.3) is 12.0 Å². The second kappa shape index (κ2) is 10.0. The van der Waals surface area contributed by atoms with E-state index < -0.39 is 23.8 Å². The van der Waals surface area contributed by atoms with Crippen LogP contribution in [-0.2, 0) is 13.5 Å². The number of nitrogens with zero attached hydrogens (tertiary/aromatic N) is 3. The summed E-state index contributed by atoms with van der Waals surface area (Å²) in [4.78, 5) is 22.1. The molecule has 0 aliphatic rings. The van der Waals surface area contributed by atoms with Crippen LogP contribution in [0.3, 0.4) is 0 Å². The smallest absolute Gasteiger partial charge is 0.266 e. The van der Waals surface area contributed by atoms with E-state index in [0.29, 0.717) is 34.7 Å². The van der Waals surface area contributed by atoms with Gasteiger partial charge in [-0.3, -0.25) is 9.36 Å². The first-order chi connectivity index (χ1) is 17.1. The molecule has 0 amide bonds. The summed E-state index contributed by atoms with van der Waals surface area (Å²) in [6.45, 7) is 5.29. The van der Waals surface area contributed by atoms with Crippen molar-refractivity contribution in [3.8, 4) is 5.75 Å². The molecular weight excluding hydrogens is 469 g/mol. The molecule has 0 saturated carbocycles. The number of anilines is 1. The SMILES string of the molecule is COc1cccc(Cc2cc3c(N[C@H](C)c4cccc(C(F)F)c4F)nc(C)nc3n(C)c2=O)c1C. The Hall–Kier alpha value is -3.88. The predicted octanol–water partition coefficient (Wildman–Crippen LogP) is 5.79. The molecule has 4 aromatic rings. The standard InChI is InChI=1S/C27H27F3N4O2/c1-14-17(8-6-11-22(14)36-5)12-18-13-21-25(32-16(3)33-26(21)34(4)27(18)35)31-15(2)19-9-7-10-20(23(19)28)24(29)30/h6-11,13,15,24H,12H2,1-5H3,(H,31,32,33)/t15-/m1/s1. The van der Waals surface area contributed by atoms with Gasteiger partial charge in [-0.2, -0.15) is 0 Å². The number of rotatable bonds is 7. The molecule has 0 spiro atoms. The molecule has 0 aliphatic carbocycles. The molecule has 0 bridgehead atoms. The number of alkyl halides is 2. The molecule has 0 radical (unpaired) electrons. The number of aryl methyl sites for hydroxylation is 2. The van der Waals surface area contributed by atoms with Gasteiger partial charge < -0.3 is 10.1 Å². The van der Waals surface area contributed by atoms with Crippen LogP contribution >= 0.6 is 0 Å². The van der Waals surface area contributed by atoms with Crippen molar-refractivity contribution >= 4 is 16.9 Å². The fourth-order valence-corrected chi connectivity index (χ4v) is 4.37. The Balaban J connectivity index is 1.80. The largest absolute Gasteiger partial charge is 0.496 e. The summed E-state index contributed by atoms with van der Waals surface area (Å²) in [6, 6.07) is 10.7. The lowest BCUT2D eigenvalue weighted by atomic mass is 10.00. The predicted molar refractivity (Wildman–Crippen MR) is 133 cm³/mol. The van der Waals surface area contributed by atoms with Crippen LogP contribution in [0.4, 0.5) is 19.0 Å². The van der Waals surface area contributed by atoms with Crippen molar-refractivity contribution in [1.82, 2.24) is 14.5 Å². The molecule has 1 atom stereocenters. The number of aromatic nitrogens is 3. The van der Waals surface area contributed by atoms with Crippen LogP contribution in [0.15, 0.2) is 47.3 Å². The minimum Gasteiger partial charge on any atom is -0.496 e. The molecule has 9 heteroatoms. The third-order valence-corrected chi connectivity index (χ3v) is 6.36. The van der Waals surface area contributed by atoms with Gasteiger partial charge in [0.2, 0.25) is 0 Å². The average molecular weight is 497 g/mol. The topological polar surface area (TPSA) is 69.0 Å². The highest BCUT2D eigenvalue weighted by molar-refractivity contribution is 5.87. The molecule has 0 fully saturated rings. The number of hydrogen-bond donors (Lipinski definition) is 1. The second-order valence-corrected chi connectivity index (χ2v) is 8.73. The lowest BCUT2D eigenvalue weighted by Crippen LogP contribution is -2.23. The Morgan fingerprint density at radius 2 is 1.75 bits per heavy atom. The summed E-state index contributed by atoms with van der Waals surface area (Å²) in [7, 11) is 3.23. The van der Waals surface area contributed by atoms with Crippen molar-refractivity contribution in [3.05, 3.63) is 92.3 Å². The zero-order valence-electron chi connectivity index (χ0n) is 20.7. The normalized spacial score (nSPS) is 12.2. The van der Waals surface area contributed by atoms with E-state index in [2.05, 4.69) is 15.3 Å². The highest BCUT2D eigenvalue weighted by Crippen LogP contribution is 2.31. The first-order valence-electron chi connectivity index (χ1n) is 11.4. The second-order valence-electron chi connectivity index (χ2n) is 8.73. The van der Waals surface area contributed by atoms with Crippen molar-refractivity contribution in [1.29, 1.82) is 0 Å². The quantitative estimate of drug-likeness (QED) is 0.351. The summed E-state index contributed by atoms with van der Waals surface area (Å²) < 4.78 is 48.1. The maximum atomic E-state index is 14.8. The van der Waals surface area contributed by atoms with Crippen LogP contribution in [0.25, 0.3) is 11.0 Å². The van der Waals surface area contributed by atoms with Crippen LogP contribution in [0.2, 0.25) is 0 Å². The molecule has 1 N–H and O–H groups in total. The minimum atomic E-state index is -2.92. The number of nitrogens with one attached hydrogen (secondary N) is 1. The Bertz CT molecular complexity index is 1500. The van der Waals surface area contributed by atoms with Crippen LogP contribution < -0.4 is 15.6 Å². The van der Waals surface area contributed by atoms with Crippen LogP contribution in [0.5, 0.6) is 5.75 Å². The van der Waals surface area contributed by atoms with Gasteiger partial charge in [0, 0.05) is 24.6 Å². The van der Waals surface area contributed by atoms with Crippen molar-refractivity contribution in [3.63, 3.8) is 0 Å². The van der Waals surface area contributed by atoms with E-state index in [0.717, 1.165) is 22.9 Å². The number of benzene rings is 2. The number of methoxy groups -OCH3 is 1. The molecule has 36 heavy (non-hydrogen) atoms. The van der Waals surface area contributed by atoms with Gasteiger partial charge in [-0.1, -0.05) is 30.3 Å². The van der Waals surface area contributed by atoms with E-state index in [-0.39, 0.29) is 11.1 Å². The van der Waals surface area contributed by atoms with E-state index >= 15 is 0 Å². The number of ether oxygens (including phenoxy) is 1. The number of fused-ring (bicyclic) bond motifs is 1. The molecule has 4 rings (SSSR count). The molecule has 6 nitrogen and oxygen atoms in total. The molecule has 2 heterocycles. The minimum absolute atomic E-state index is 0.0919. The van der Waals surface area contributed by atoms with Crippen LogP contribution in [0, 0.1) is 19.7 Å². The lowest BCUT2D eigenvalue weighted by molar-refractivity contribution is 0.146. The van der Waals surface area contributed by atoms with E-state index in [1.165, 1.54) is 16.7 Å². The Morgan fingerprint density at radius 3 is 2.44 bits per heavy atom. The van der Waals surface area contributed by atoms with E-state index in [9.17, 15) is 18.0 Å². The number of hydrogen-bond acceptors (Lipinski definition) is 5. The van der Waals surface area contributed by atoms with Crippen LogP contribution in [0.1, 0.15) is 53.0 Å². The van der Waals surface area contributed by atoms with E-state index in [1.54, 1.807) is 34.1 Å². The van der Waals surface area contributed by atoms with Crippen molar-refractivity contribution in [2.75, 3.05) is 12.4 Å². The molecular formula is C27H27F3N4O2. The fraction of sp³-hybridized carbons (Fsp3) is 0.296. The van der Waals surface area contributed by atoms with Crippen molar-refractivity contribution < 1.29 is 17.9 Å². The maximum Gasteiger partial charge on any atom is 0.266 e. The van der Waals surface area contributed by atoms with Crippen molar-refractivity contribution in [2.45, 2.75) is 39.7 Å². The molecule has 0 unspecified atom stereocenters.